The molecule has 106 valence electrons. The summed E-state index contributed by atoms with van der Waals surface area (Å²) in [6.07, 6.45) is 2.31. The van der Waals surface area contributed by atoms with Gasteiger partial charge < -0.3 is 5.11 Å². The molecule has 1 nitrogen and oxygen atoms in total. The van der Waals surface area contributed by atoms with Gasteiger partial charge in [-0.15, -0.1) is 0 Å². The SMILES string of the molecule is CC(C)C1CCC(O)(c2ccc(F)c(F)c2F)CC1. The summed E-state index contributed by atoms with van der Waals surface area (Å²) in [5.74, 6) is -2.98. The van der Waals surface area contributed by atoms with Crippen molar-refractivity contribution in [3.05, 3.63) is 35.1 Å². The summed E-state index contributed by atoms with van der Waals surface area (Å²) in [7, 11) is 0. The van der Waals surface area contributed by atoms with Crippen LogP contribution in [-0.4, -0.2) is 5.11 Å². The molecule has 0 heterocycles. The van der Waals surface area contributed by atoms with Crippen molar-refractivity contribution in [1.82, 2.24) is 0 Å². The first-order chi connectivity index (χ1) is 8.85. The van der Waals surface area contributed by atoms with Crippen molar-refractivity contribution in [2.24, 2.45) is 11.8 Å². The molecule has 0 aromatic heterocycles. The third-order valence-electron chi connectivity index (χ3n) is 4.34. The van der Waals surface area contributed by atoms with Crippen LogP contribution < -0.4 is 0 Å². The summed E-state index contributed by atoms with van der Waals surface area (Å²) >= 11 is 0. The van der Waals surface area contributed by atoms with E-state index >= 15 is 0 Å². The van der Waals surface area contributed by atoms with Gasteiger partial charge >= 0.3 is 0 Å². The fraction of sp³-hybridized carbons (Fsp3) is 0.600. The second-order valence-corrected chi connectivity index (χ2v) is 5.84. The highest BCUT2D eigenvalue weighted by Gasteiger charge is 2.38. The van der Waals surface area contributed by atoms with Crippen LogP contribution in [0.4, 0.5) is 13.2 Å². The Morgan fingerprint density at radius 1 is 1.11 bits per heavy atom. The largest absolute Gasteiger partial charge is 0.385 e. The molecule has 0 bridgehead atoms. The van der Waals surface area contributed by atoms with Gasteiger partial charge in [-0.2, -0.15) is 0 Å². The van der Waals surface area contributed by atoms with Crippen molar-refractivity contribution in [1.29, 1.82) is 0 Å². The Kier molecular flexibility index (Phi) is 3.90. The Balaban J connectivity index is 2.25. The molecule has 0 aliphatic heterocycles. The van der Waals surface area contributed by atoms with Gasteiger partial charge in [0.2, 0.25) is 0 Å². The first-order valence-corrected chi connectivity index (χ1v) is 6.71. The monoisotopic (exact) mass is 272 g/mol. The van der Waals surface area contributed by atoms with E-state index in [1.165, 1.54) is 0 Å². The van der Waals surface area contributed by atoms with Gasteiger partial charge in [-0.25, -0.2) is 13.2 Å². The molecule has 0 spiro atoms. The van der Waals surface area contributed by atoms with Gasteiger partial charge in [0.05, 0.1) is 5.60 Å². The molecule has 1 aliphatic carbocycles. The Morgan fingerprint density at radius 2 is 1.68 bits per heavy atom. The highest BCUT2D eigenvalue weighted by molar-refractivity contribution is 5.27. The van der Waals surface area contributed by atoms with E-state index in [1.54, 1.807) is 0 Å². The molecule has 0 amide bonds. The van der Waals surface area contributed by atoms with E-state index in [0.29, 0.717) is 24.7 Å². The molecular formula is C15H19F3O. The lowest BCUT2D eigenvalue weighted by Gasteiger charge is -2.38. The van der Waals surface area contributed by atoms with Crippen LogP contribution in [0.3, 0.4) is 0 Å². The molecule has 0 radical (unpaired) electrons. The smallest absolute Gasteiger partial charge is 0.194 e. The molecule has 1 N–H and O–H groups in total. The van der Waals surface area contributed by atoms with Crippen LogP contribution in [0.5, 0.6) is 0 Å². The van der Waals surface area contributed by atoms with Crippen molar-refractivity contribution in [3.63, 3.8) is 0 Å². The standard InChI is InChI=1S/C15H19F3O/c1-9(2)10-5-7-15(19,8-6-10)11-3-4-12(16)14(18)13(11)17/h3-4,9-10,19H,5-8H2,1-2H3. The van der Waals surface area contributed by atoms with Crippen molar-refractivity contribution >= 4 is 0 Å². The molecule has 1 aromatic carbocycles. The quantitative estimate of drug-likeness (QED) is 0.802. The van der Waals surface area contributed by atoms with E-state index in [-0.39, 0.29) is 5.56 Å². The number of rotatable bonds is 2. The second-order valence-electron chi connectivity index (χ2n) is 5.84. The zero-order chi connectivity index (χ0) is 14.2. The molecule has 1 fully saturated rings. The molecule has 2 rings (SSSR count). The van der Waals surface area contributed by atoms with E-state index in [9.17, 15) is 18.3 Å². The summed E-state index contributed by atoms with van der Waals surface area (Å²) in [5.41, 5.74) is -1.49. The van der Waals surface area contributed by atoms with E-state index in [1.807, 2.05) is 0 Å². The molecule has 1 saturated carbocycles. The van der Waals surface area contributed by atoms with Crippen LogP contribution in [0, 0.1) is 29.3 Å². The Hall–Kier alpha value is -1.03. The van der Waals surface area contributed by atoms with E-state index in [4.69, 9.17) is 0 Å². The van der Waals surface area contributed by atoms with Crippen LogP contribution in [0.25, 0.3) is 0 Å². The predicted octanol–water partition coefficient (Wildman–Crippen LogP) is 4.14. The van der Waals surface area contributed by atoms with Gasteiger partial charge in [0.25, 0.3) is 0 Å². The third kappa shape index (κ3) is 2.64. The van der Waals surface area contributed by atoms with Crippen LogP contribution in [-0.2, 0) is 5.60 Å². The van der Waals surface area contributed by atoms with Crippen molar-refractivity contribution in [2.45, 2.75) is 45.1 Å². The number of aliphatic hydroxyl groups is 1. The third-order valence-corrected chi connectivity index (χ3v) is 4.34. The summed E-state index contributed by atoms with van der Waals surface area (Å²) in [4.78, 5) is 0. The first-order valence-electron chi connectivity index (χ1n) is 6.71. The Morgan fingerprint density at radius 3 is 2.21 bits per heavy atom. The maximum Gasteiger partial charge on any atom is 0.194 e. The zero-order valence-corrected chi connectivity index (χ0v) is 11.2. The molecule has 19 heavy (non-hydrogen) atoms. The van der Waals surface area contributed by atoms with Gasteiger partial charge in [0, 0.05) is 5.56 Å². The van der Waals surface area contributed by atoms with E-state index in [0.717, 1.165) is 25.0 Å². The molecule has 0 saturated heterocycles. The minimum absolute atomic E-state index is 0.117. The summed E-state index contributed by atoms with van der Waals surface area (Å²) in [6.45, 7) is 4.24. The molecule has 1 aliphatic rings. The van der Waals surface area contributed by atoms with Gasteiger partial charge in [-0.05, 0) is 43.6 Å². The van der Waals surface area contributed by atoms with Crippen LogP contribution in [0.1, 0.15) is 45.1 Å². The Labute approximate surface area is 111 Å². The first kappa shape index (κ1) is 14.4. The fourth-order valence-corrected chi connectivity index (χ4v) is 2.94. The van der Waals surface area contributed by atoms with E-state index in [2.05, 4.69) is 13.8 Å². The average Bonchev–Trinajstić information content (AvgIpc) is 2.36. The van der Waals surface area contributed by atoms with Crippen molar-refractivity contribution < 1.29 is 18.3 Å². The van der Waals surface area contributed by atoms with Gasteiger partial charge in [0.15, 0.2) is 17.5 Å². The lowest BCUT2D eigenvalue weighted by atomic mass is 9.72. The molecule has 1 aromatic rings. The fourth-order valence-electron chi connectivity index (χ4n) is 2.94. The van der Waals surface area contributed by atoms with Crippen LogP contribution >= 0.6 is 0 Å². The summed E-state index contributed by atoms with van der Waals surface area (Å²) in [6, 6.07) is 2.03. The number of benzene rings is 1. The topological polar surface area (TPSA) is 20.2 Å². The molecule has 0 atom stereocenters. The Bertz CT molecular complexity index is 463. The van der Waals surface area contributed by atoms with E-state index < -0.39 is 23.1 Å². The number of halogens is 3. The van der Waals surface area contributed by atoms with Crippen molar-refractivity contribution in [2.75, 3.05) is 0 Å². The molecule has 4 heteroatoms. The second kappa shape index (κ2) is 5.16. The highest BCUT2D eigenvalue weighted by atomic mass is 19.2. The maximum absolute atomic E-state index is 13.8. The minimum atomic E-state index is -1.50. The lowest BCUT2D eigenvalue weighted by Crippen LogP contribution is -2.34. The van der Waals surface area contributed by atoms with Gasteiger partial charge in [0.1, 0.15) is 0 Å². The number of hydrogen-bond donors (Lipinski definition) is 1. The van der Waals surface area contributed by atoms with Crippen LogP contribution in [0.2, 0.25) is 0 Å². The van der Waals surface area contributed by atoms with Crippen molar-refractivity contribution in [3.8, 4) is 0 Å². The maximum atomic E-state index is 13.8. The van der Waals surface area contributed by atoms with Crippen LogP contribution in [0.15, 0.2) is 12.1 Å². The molecule has 0 unspecified atom stereocenters. The molecular weight excluding hydrogens is 253 g/mol. The highest BCUT2D eigenvalue weighted by Crippen LogP contribution is 2.42. The van der Waals surface area contributed by atoms with Gasteiger partial charge in [-0.1, -0.05) is 19.9 Å². The minimum Gasteiger partial charge on any atom is -0.385 e. The lowest BCUT2D eigenvalue weighted by molar-refractivity contribution is -0.0232. The van der Waals surface area contributed by atoms with Gasteiger partial charge in [-0.3, -0.25) is 0 Å². The normalized spacial score (nSPS) is 27.8. The predicted molar refractivity (Wildman–Crippen MR) is 67.0 cm³/mol. The summed E-state index contributed by atoms with van der Waals surface area (Å²) in [5, 5.41) is 10.5. The average molecular weight is 272 g/mol. The number of hydrogen-bond acceptors (Lipinski definition) is 1. The zero-order valence-electron chi connectivity index (χ0n) is 11.2. The summed E-state index contributed by atoms with van der Waals surface area (Å²) < 4.78 is 40.0.